The summed E-state index contributed by atoms with van der Waals surface area (Å²) in [6, 6.07) is 6.83. The molecule has 0 spiro atoms. The molecule has 0 unspecified atom stereocenters. The second kappa shape index (κ2) is 19.5. The molecule has 2 aromatic heterocycles. The molecule has 1 amide bonds. The van der Waals surface area contributed by atoms with Crippen LogP contribution in [0, 0.1) is 13.8 Å². The van der Waals surface area contributed by atoms with Crippen LogP contribution >= 0.6 is 12.4 Å². The lowest BCUT2D eigenvalue weighted by atomic mass is 10.1. The maximum absolute atomic E-state index is 11.8. The van der Waals surface area contributed by atoms with Crippen molar-refractivity contribution >= 4 is 72.4 Å². The van der Waals surface area contributed by atoms with Crippen LogP contribution < -0.4 is 29.9 Å². The number of ether oxygens (including phenoxy) is 1. The molecule has 0 atom stereocenters. The van der Waals surface area contributed by atoms with Crippen LogP contribution in [0.25, 0.3) is 21.8 Å². The number of aromatic hydroxyl groups is 2. The number of unbranched alkanes of at least 4 members (excludes halogenated alkanes) is 2. The van der Waals surface area contributed by atoms with Gasteiger partial charge >= 0.3 is 16.3 Å². The van der Waals surface area contributed by atoms with Crippen LogP contribution in [0.3, 0.4) is 0 Å². The van der Waals surface area contributed by atoms with E-state index in [1.54, 1.807) is 44.5 Å². The first kappa shape index (κ1) is 43.8. The molecule has 288 valence electrons. The summed E-state index contributed by atoms with van der Waals surface area (Å²) >= 11 is 0. The van der Waals surface area contributed by atoms with Crippen molar-refractivity contribution in [3.8, 4) is 11.5 Å². The lowest BCUT2D eigenvalue weighted by Gasteiger charge is -2.19. The molecule has 0 aliphatic carbocycles. The molecule has 52 heavy (non-hydrogen) atoms. The number of nitrogens with two attached hydrogens (primary N) is 1. The largest absolute Gasteiger partial charge is 0.508 e. The Morgan fingerprint density at radius 1 is 0.731 bits per heavy atom. The second-order valence-electron chi connectivity index (χ2n) is 12.5. The summed E-state index contributed by atoms with van der Waals surface area (Å²) in [5, 5.41) is 32.3. The Morgan fingerprint density at radius 2 is 1.15 bits per heavy atom. The summed E-state index contributed by atoms with van der Waals surface area (Å²) in [6.45, 7) is 10.2. The summed E-state index contributed by atoms with van der Waals surface area (Å²) in [5.41, 5.74) is 1.99. The summed E-state index contributed by atoms with van der Waals surface area (Å²) in [5.74, 6) is 1.71. The van der Waals surface area contributed by atoms with E-state index >= 15 is 0 Å². The lowest BCUT2D eigenvalue weighted by molar-refractivity contribution is 0.0569. The van der Waals surface area contributed by atoms with Gasteiger partial charge in [-0.2, -0.15) is 21.6 Å². The number of nitrogens with zero attached hydrogens (tertiary/aromatic N) is 4. The Hall–Kier alpha value is -4.34. The first-order valence-corrected chi connectivity index (χ1v) is 19.0. The van der Waals surface area contributed by atoms with Gasteiger partial charge in [-0.3, -0.25) is 0 Å². The van der Waals surface area contributed by atoms with Crippen molar-refractivity contribution in [1.29, 1.82) is 0 Å². The highest BCUT2D eigenvalue weighted by Gasteiger charge is 2.20. The molecule has 0 fully saturated rings. The molecule has 21 heteroatoms. The van der Waals surface area contributed by atoms with Crippen molar-refractivity contribution in [3.63, 3.8) is 0 Å². The predicted molar refractivity (Wildman–Crippen MR) is 202 cm³/mol. The van der Waals surface area contributed by atoms with Gasteiger partial charge in [0.2, 0.25) is 0 Å². The molecule has 4 aromatic rings. The number of hydrogen-bond acceptors (Lipinski definition) is 14. The zero-order chi connectivity index (χ0) is 37.8. The summed E-state index contributed by atoms with van der Waals surface area (Å²) in [4.78, 5) is 28.2. The van der Waals surface area contributed by atoms with E-state index in [-0.39, 0.29) is 30.5 Å². The van der Waals surface area contributed by atoms with Crippen LogP contribution in [-0.4, -0.2) is 84.9 Å². The van der Waals surface area contributed by atoms with E-state index < -0.39 is 32.1 Å². The van der Waals surface area contributed by atoms with Crippen LogP contribution in [0.5, 0.6) is 11.5 Å². The lowest BCUT2D eigenvalue weighted by Crippen LogP contribution is -2.43. The van der Waals surface area contributed by atoms with Gasteiger partial charge < -0.3 is 25.6 Å². The van der Waals surface area contributed by atoms with Crippen molar-refractivity contribution in [1.82, 2.24) is 34.1 Å². The third-order valence-corrected chi connectivity index (χ3v) is 8.54. The van der Waals surface area contributed by atoms with Gasteiger partial charge in [0.25, 0.3) is 10.2 Å². The van der Waals surface area contributed by atoms with Crippen LogP contribution in [0.1, 0.15) is 57.6 Å². The Balaban J connectivity index is 0.000000366. The van der Waals surface area contributed by atoms with Crippen molar-refractivity contribution in [2.24, 2.45) is 5.14 Å². The molecule has 0 bridgehead atoms. The number of fused-ring (bicyclic) bond motifs is 2. The Bertz CT molecular complexity index is 2030. The van der Waals surface area contributed by atoms with Gasteiger partial charge in [-0.05, 0) is 83.6 Å². The number of amides is 1. The van der Waals surface area contributed by atoms with Crippen LogP contribution in [0.4, 0.5) is 16.4 Å². The monoisotopic (exact) mass is 786 g/mol. The van der Waals surface area contributed by atoms with E-state index in [4.69, 9.17) is 9.88 Å². The Labute approximate surface area is 309 Å². The van der Waals surface area contributed by atoms with Crippen molar-refractivity contribution in [3.05, 3.63) is 48.0 Å². The molecular formula is C31H47ClN10O8S2. The number of aryl methyl sites for hydroxylation is 2. The molecule has 2 heterocycles. The standard InChI is InChI=1S/C18H27N5O5S.C13H19N5O3S.ClH/c1-12-9-13-14(10-15(12)24)20-11-21-16(13)19-7-5-6-8-22-29(26,27)23-17(25)28-18(2,3)4;1-9-6-10-11(7-12(9)19)16-8-17-13(10)15-4-2-3-5-18-22(14,20)21;/h9-11,22,24H,5-8H2,1-4H3,(H,23,25)(H,19,20,21);6-8,18-19H,2-5H2,1H3,(H2,14,20,21)(H,15,16,17);1H. The van der Waals surface area contributed by atoms with Gasteiger partial charge in [-0.25, -0.2) is 39.3 Å². The van der Waals surface area contributed by atoms with Gasteiger partial charge in [-0.1, -0.05) is 0 Å². The first-order valence-electron chi connectivity index (χ1n) is 16.0. The average Bonchev–Trinajstić information content (AvgIpc) is 3.00. The predicted octanol–water partition coefficient (Wildman–Crippen LogP) is 3.25. The number of anilines is 2. The van der Waals surface area contributed by atoms with E-state index in [1.807, 2.05) is 19.1 Å². The molecule has 9 N–H and O–H groups in total. The number of aromatic nitrogens is 4. The topological polar surface area (TPSA) is 273 Å². The Kier molecular flexibility index (Phi) is 16.4. The molecule has 0 aliphatic rings. The van der Waals surface area contributed by atoms with Gasteiger partial charge in [0.1, 0.15) is 41.4 Å². The van der Waals surface area contributed by atoms with Gasteiger partial charge in [0.15, 0.2) is 0 Å². The van der Waals surface area contributed by atoms with E-state index in [0.29, 0.717) is 61.6 Å². The zero-order valence-corrected chi connectivity index (χ0v) is 32.0. The zero-order valence-electron chi connectivity index (χ0n) is 29.6. The number of carbonyl (C=O) groups is 1. The highest BCUT2D eigenvalue weighted by Crippen LogP contribution is 2.27. The fraction of sp³-hybridized carbons (Fsp3) is 0.452. The number of carbonyl (C=O) groups excluding carboxylic acids is 1. The summed E-state index contributed by atoms with van der Waals surface area (Å²) in [7, 11) is -7.59. The second-order valence-corrected chi connectivity index (χ2v) is 15.3. The van der Waals surface area contributed by atoms with Gasteiger partial charge in [0, 0.05) is 49.1 Å². The summed E-state index contributed by atoms with van der Waals surface area (Å²) in [6.07, 6.45) is 4.45. The minimum atomic E-state index is -3.97. The first-order chi connectivity index (χ1) is 23.8. The Morgan fingerprint density at radius 3 is 1.58 bits per heavy atom. The average molecular weight is 787 g/mol. The number of phenols is 2. The molecule has 2 aromatic carbocycles. The third kappa shape index (κ3) is 15.1. The smallest absolute Gasteiger partial charge is 0.422 e. The maximum atomic E-state index is 11.8. The van der Waals surface area contributed by atoms with Crippen LogP contribution in [0.2, 0.25) is 0 Å². The van der Waals surface area contributed by atoms with Crippen molar-refractivity contribution < 1.29 is 36.6 Å². The number of rotatable bonds is 15. The van der Waals surface area contributed by atoms with Crippen LogP contribution in [0.15, 0.2) is 36.9 Å². The maximum Gasteiger partial charge on any atom is 0.422 e. The molecule has 18 nitrogen and oxygen atoms in total. The molecule has 4 rings (SSSR count). The van der Waals surface area contributed by atoms with E-state index in [2.05, 4.69) is 40.0 Å². The fourth-order valence-electron chi connectivity index (χ4n) is 4.46. The molecule has 0 saturated heterocycles. The van der Waals surface area contributed by atoms with E-state index in [9.17, 15) is 31.8 Å². The highest BCUT2D eigenvalue weighted by atomic mass is 35.5. The van der Waals surface area contributed by atoms with Gasteiger partial charge in [-0.15, -0.1) is 12.4 Å². The number of halogens is 1. The molecule has 0 radical (unpaired) electrons. The quantitative estimate of drug-likeness (QED) is 0.0804. The fourth-order valence-corrected chi connectivity index (χ4v) is 5.64. The van der Waals surface area contributed by atoms with E-state index in [0.717, 1.165) is 28.3 Å². The summed E-state index contributed by atoms with van der Waals surface area (Å²) < 4.78 is 56.3. The minimum Gasteiger partial charge on any atom is -0.508 e. The third-order valence-electron chi connectivity index (χ3n) is 6.91. The number of benzene rings is 2. The van der Waals surface area contributed by atoms with E-state index in [1.165, 1.54) is 12.7 Å². The highest BCUT2D eigenvalue weighted by molar-refractivity contribution is 7.88. The molecular weight excluding hydrogens is 740 g/mol. The van der Waals surface area contributed by atoms with Crippen molar-refractivity contribution in [2.75, 3.05) is 36.8 Å². The molecule has 0 saturated carbocycles. The number of hydrogen-bond donors (Lipinski definition) is 8. The van der Waals surface area contributed by atoms with Crippen LogP contribution in [-0.2, 0) is 25.2 Å². The van der Waals surface area contributed by atoms with Crippen molar-refractivity contribution in [2.45, 2.75) is 65.9 Å². The minimum absolute atomic E-state index is 0. The molecule has 0 aliphatic heterocycles. The number of phenolic OH excluding ortho intramolecular Hbond substituents is 2. The normalized spacial score (nSPS) is 11.7. The number of nitrogens with one attached hydrogen (secondary N) is 5. The van der Waals surface area contributed by atoms with Gasteiger partial charge in [0.05, 0.1) is 11.0 Å². The SMILES string of the molecule is Cc1cc2c(NCCCCNS(=O)(=O)NC(=O)OC(C)(C)C)ncnc2cc1O.Cc1cc2c(NCCCCNS(N)(=O)=O)ncnc2cc1O.Cl.